The molecule has 0 bridgehead atoms. The van der Waals surface area contributed by atoms with Gasteiger partial charge in [-0.2, -0.15) is 26.3 Å². The molecule has 1 unspecified atom stereocenters. The highest BCUT2D eigenvalue weighted by molar-refractivity contribution is 6.20. The van der Waals surface area contributed by atoms with E-state index in [0.717, 1.165) is 6.07 Å². The Morgan fingerprint density at radius 2 is 1.74 bits per heavy atom. The summed E-state index contributed by atoms with van der Waals surface area (Å²) in [6.45, 7) is 1.66. The van der Waals surface area contributed by atoms with Crippen LogP contribution in [0.2, 0.25) is 0 Å². The number of aromatic nitrogens is 1. The molecule has 1 atom stereocenters. The molecule has 0 aliphatic rings. The zero-order chi connectivity index (χ0) is 17.4. The van der Waals surface area contributed by atoms with Crippen molar-refractivity contribution in [3.63, 3.8) is 0 Å². The fraction of sp³-hybridized carbons (Fsp3) is 0.357. The van der Waals surface area contributed by atoms with Gasteiger partial charge in [0.05, 0.1) is 11.1 Å². The van der Waals surface area contributed by atoms with Gasteiger partial charge >= 0.3 is 12.4 Å². The van der Waals surface area contributed by atoms with Crippen LogP contribution in [0.5, 0.6) is 0 Å². The molecular formula is C14H10ClF6NO. The molecule has 2 aromatic rings. The first-order chi connectivity index (χ1) is 10.5. The maximum Gasteiger partial charge on any atom is 0.417 e. The third kappa shape index (κ3) is 4.19. The lowest BCUT2D eigenvalue weighted by molar-refractivity contribution is -0.142. The summed E-state index contributed by atoms with van der Waals surface area (Å²) in [4.78, 5) is 0. The minimum absolute atomic E-state index is 0.0634. The second-order valence-electron chi connectivity index (χ2n) is 4.92. The second-order valence-corrected chi connectivity index (χ2v) is 5.66. The Balaban J connectivity index is 2.51. The van der Waals surface area contributed by atoms with Crippen molar-refractivity contribution in [3.8, 4) is 11.3 Å². The number of nitrogens with zero attached hydrogens (tertiary/aromatic N) is 1. The van der Waals surface area contributed by atoms with E-state index >= 15 is 0 Å². The number of rotatable bonds is 3. The van der Waals surface area contributed by atoms with Gasteiger partial charge < -0.3 is 4.52 Å². The van der Waals surface area contributed by atoms with Crippen LogP contribution in [0.3, 0.4) is 0 Å². The van der Waals surface area contributed by atoms with Crippen molar-refractivity contribution in [3.05, 3.63) is 41.2 Å². The lowest BCUT2D eigenvalue weighted by atomic mass is 10.00. The summed E-state index contributed by atoms with van der Waals surface area (Å²) in [5.74, 6) is 0.246. The van der Waals surface area contributed by atoms with Gasteiger partial charge in [0.1, 0.15) is 11.5 Å². The van der Waals surface area contributed by atoms with Crippen LogP contribution in [0.4, 0.5) is 26.3 Å². The predicted octanol–water partition coefficient (Wildman–Crippen LogP) is 5.55. The van der Waals surface area contributed by atoms with Gasteiger partial charge in [-0.05, 0) is 19.1 Å². The summed E-state index contributed by atoms with van der Waals surface area (Å²) in [6.07, 6.45) is -9.60. The molecule has 2 rings (SSSR count). The molecule has 0 saturated carbocycles. The van der Waals surface area contributed by atoms with Crippen LogP contribution in [-0.4, -0.2) is 10.5 Å². The standard InChI is InChI=1S/C14H10ClF6NO/c1-7(15)4-9-6-12(22-23-9)10-3-2-8(13(16,17)18)5-11(10)14(19,20)21/h2-3,5-7H,4H2,1H3. The number of hydrogen-bond donors (Lipinski definition) is 0. The van der Waals surface area contributed by atoms with E-state index in [1.165, 1.54) is 6.07 Å². The maximum atomic E-state index is 13.1. The third-order valence-corrected chi connectivity index (χ3v) is 3.12. The molecule has 2 nitrogen and oxygen atoms in total. The summed E-state index contributed by atoms with van der Waals surface area (Å²) in [5.41, 5.74) is -3.49. The molecule has 0 fully saturated rings. The first-order valence-electron chi connectivity index (χ1n) is 6.37. The maximum absolute atomic E-state index is 13.1. The molecule has 1 aromatic heterocycles. The summed E-state index contributed by atoms with van der Waals surface area (Å²) in [6, 6.07) is 2.60. The Morgan fingerprint density at radius 1 is 1.09 bits per heavy atom. The van der Waals surface area contributed by atoms with Crippen molar-refractivity contribution in [2.75, 3.05) is 0 Å². The number of hydrogen-bond acceptors (Lipinski definition) is 2. The van der Waals surface area contributed by atoms with E-state index in [2.05, 4.69) is 5.16 Å². The molecule has 126 valence electrons. The van der Waals surface area contributed by atoms with Crippen molar-refractivity contribution in [2.45, 2.75) is 31.1 Å². The molecular weight excluding hydrogens is 348 g/mol. The zero-order valence-electron chi connectivity index (χ0n) is 11.6. The SMILES string of the molecule is CC(Cl)Cc1cc(-c2ccc(C(F)(F)F)cc2C(F)(F)F)no1. The van der Waals surface area contributed by atoms with E-state index < -0.39 is 29.0 Å². The molecule has 0 spiro atoms. The van der Waals surface area contributed by atoms with Crippen LogP contribution < -0.4 is 0 Å². The molecule has 0 amide bonds. The molecule has 1 aromatic carbocycles. The van der Waals surface area contributed by atoms with E-state index in [4.69, 9.17) is 16.1 Å². The van der Waals surface area contributed by atoms with Gasteiger partial charge in [0, 0.05) is 23.4 Å². The molecule has 0 radical (unpaired) electrons. The fourth-order valence-electron chi connectivity index (χ4n) is 1.99. The van der Waals surface area contributed by atoms with E-state index in [0.29, 0.717) is 6.07 Å². The molecule has 0 saturated heterocycles. The number of benzene rings is 1. The Labute approximate surface area is 132 Å². The monoisotopic (exact) mass is 357 g/mol. The predicted molar refractivity (Wildman–Crippen MR) is 71.0 cm³/mol. The lowest BCUT2D eigenvalue weighted by Crippen LogP contribution is -2.12. The summed E-state index contributed by atoms with van der Waals surface area (Å²) >= 11 is 5.75. The Bertz CT molecular complexity index is 689. The van der Waals surface area contributed by atoms with Gasteiger partial charge in [-0.25, -0.2) is 0 Å². The smallest absolute Gasteiger partial charge is 0.361 e. The molecule has 1 heterocycles. The van der Waals surface area contributed by atoms with Crippen molar-refractivity contribution in [2.24, 2.45) is 0 Å². The highest BCUT2D eigenvalue weighted by atomic mass is 35.5. The van der Waals surface area contributed by atoms with Crippen molar-refractivity contribution < 1.29 is 30.9 Å². The van der Waals surface area contributed by atoms with E-state index in [1.54, 1.807) is 6.92 Å². The van der Waals surface area contributed by atoms with Crippen molar-refractivity contribution >= 4 is 11.6 Å². The minimum Gasteiger partial charge on any atom is -0.361 e. The Hall–Kier alpha value is -1.70. The molecule has 0 aliphatic carbocycles. The van der Waals surface area contributed by atoms with Crippen LogP contribution in [0.15, 0.2) is 28.8 Å². The van der Waals surface area contributed by atoms with Gasteiger partial charge in [0.25, 0.3) is 0 Å². The normalized spacial score (nSPS) is 14.1. The number of alkyl halides is 7. The van der Waals surface area contributed by atoms with Crippen molar-refractivity contribution in [1.29, 1.82) is 0 Å². The van der Waals surface area contributed by atoms with E-state index in [9.17, 15) is 26.3 Å². The average molecular weight is 358 g/mol. The average Bonchev–Trinajstić information content (AvgIpc) is 2.83. The second kappa shape index (κ2) is 6.07. The molecule has 9 heteroatoms. The zero-order valence-corrected chi connectivity index (χ0v) is 12.4. The quantitative estimate of drug-likeness (QED) is 0.532. The first-order valence-corrected chi connectivity index (χ1v) is 6.80. The highest BCUT2D eigenvalue weighted by Gasteiger charge is 2.38. The Kier molecular flexibility index (Phi) is 4.66. The Morgan fingerprint density at radius 3 is 2.26 bits per heavy atom. The van der Waals surface area contributed by atoms with E-state index in [-0.39, 0.29) is 29.3 Å². The van der Waals surface area contributed by atoms with Crippen LogP contribution >= 0.6 is 11.6 Å². The van der Waals surface area contributed by atoms with Gasteiger partial charge in [0.2, 0.25) is 0 Å². The van der Waals surface area contributed by atoms with Crippen LogP contribution in [-0.2, 0) is 18.8 Å². The van der Waals surface area contributed by atoms with Gasteiger partial charge in [-0.15, -0.1) is 11.6 Å². The summed E-state index contributed by atoms with van der Waals surface area (Å²) < 4.78 is 82.0. The fourth-order valence-corrected chi connectivity index (χ4v) is 2.14. The summed E-state index contributed by atoms with van der Waals surface area (Å²) in [5, 5.41) is 3.16. The third-order valence-electron chi connectivity index (χ3n) is 2.97. The highest BCUT2D eigenvalue weighted by Crippen LogP contribution is 2.40. The first kappa shape index (κ1) is 17.7. The number of halogens is 7. The molecule has 0 aliphatic heterocycles. The van der Waals surface area contributed by atoms with Crippen LogP contribution in [0, 0.1) is 0 Å². The van der Waals surface area contributed by atoms with Gasteiger partial charge in [-0.3, -0.25) is 0 Å². The molecule has 23 heavy (non-hydrogen) atoms. The van der Waals surface area contributed by atoms with Crippen molar-refractivity contribution in [1.82, 2.24) is 5.16 Å². The van der Waals surface area contributed by atoms with Crippen LogP contribution in [0.25, 0.3) is 11.3 Å². The van der Waals surface area contributed by atoms with Gasteiger partial charge in [0.15, 0.2) is 0 Å². The topological polar surface area (TPSA) is 26.0 Å². The largest absolute Gasteiger partial charge is 0.417 e. The molecule has 0 N–H and O–H groups in total. The van der Waals surface area contributed by atoms with Crippen LogP contribution in [0.1, 0.15) is 23.8 Å². The van der Waals surface area contributed by atoms with E-state index in [1.807, 2.05) is 0 Å². The minimum atomic E-state index is -4.96. The van der Waals surface area contributed by atoms with Gasteiger partial charge in [-0.1, -0.05) is 11.2 Å². The summed E-state index contributed by atoms with van der Waals surface area (Å²) in [7, 11) is 0. The lowest BCUT2D eigenvalue weighted by Gasteiger charge is -2.14.